The van der Waals surface area contributed by atoms with Crippen LogP contribution in [0, 0.1) is 6.92 Å². The average molecular weight is 305 g/mol. The van der Waals surface area contributed by atoms with Crippen LogP contribution in [0.5, 0.6) is 0 Å². The zero-order chi connectivity index (χ0) is 15.5. The monoisotopic (exact) mass is 305 g/mol. The highest BCUT2D eigenvalue weighted by Crippen LogP contribution is 2.17. The quantitative estimate of drug-likeness (QED) is 0.347. The molecule has 0 aliphatic carbocycles. The van der Waals surface area contributed by atoms with Crippen molar-refractivity contribution in [3.63, 3.8) is 0 Å². The summed E-state index contributed by atoms with van der Waals surface area (Å²) < 4.78 is 26.9. The first-order valence-electron chi connectivity index (χ1n) is 6.10. The zero-order valence-corrected chi connectivity index (χ0v) is 12.1. The summed E-state index contributed by atoms with van der Waals surface area (Å²) in [6, 6.07) is 12.8. The lowest BCUT2D eigenvalue weighted by Gasteiger charge is -2.09. The van der Waals surface area contributed by atoms with E-state index in [0.717, 1.165) is 5.56 Å². The number of sulfonamides is 1. The smallest absolute Gasteiger partial charge is 0.261 e. The van der Waals surface area contributed by atoms with Crippen LogP contribution in [-0.2, 0) is 10.0 Å². The van der Waals surface area contributed by atoms with Crippen LogP contribution in [0.3, 0.4) is 0 Å². The Hall–Kier alpha value is -2.54. The molecule has 0 saturated carbocycles. The van der Waals surface area contributed by atoms with Crippen LogP contribution in [0.4, 0.5) is 5.69 Å². The van der Waals surface area contributed by atoms with E-state index in [1.54, 1.807) is 36.4 Å². The van der Waals surface area contributed by atoms with Crippen molar-refractivity contribution in [3.05, 3.63) is 59.7 Å². The second kappa shape index (κ2) is 5.84. The van der Waals surface area contributed by atoms with E-state index in [2.05, 4.69) is 9.88 Å². The van der Waals surface area contributed by atoms with E-state index < -0.39 is 10.0 Å². The van der Waals surface area contributed by atoms with Gasteiger partial charge in [-0.1, -0.05) is 17.3 Å². The molecule has 0 aromatic heterocycles. The van der Waals surface area contributed by atoms with Gasteiger partial charge < -0.3 is 10.9 Å². The molecule has 0 heterocycles. The van der Waals surface area contributed by atoms with Gasteiger partial charge in [0.1, 0.15) is 0 Å². The highest BCUT2D eigenvalue weighted by atomic mass is 32.2. The molecular weight excluding hydrogens is 290 g/mol. The second-order valence-electron chi connectivity index (χ2n) is 4.48. The average Bonchev–Trinajstić information content (AvgIpc) is 2.47. The molecule has 6 nitrogen and oxygen atoms in total. The molecule has 0 spiro atoms. The molecule has 0 saturated heterocycles. The number of hydrogen-bond donors (Lipinski definition) is 3. The maximum atomic E-state index is 12.2. The fourth-order valence-electron chi connectivity index (χ4n) is 1.76. The van der Waals surface area contributed by atoms with Crippen LogP contribution in [0.15, 0.2) is 58.6 Å². The van der Waals surface area contributed by atoms with Crippen LogP contribution in [0.2, 0.25) is 0 Å². The number of nitrogens with two attached hydrogens (primary N) is 1. The van der Waals surface area contributed by atoms with E-state index >= 15 is 0 Å². The molecule has 2 rings (SSSR count). The van der Waals surface area contributed by atoms with Gasteiger partial charge in [-0.05, 0) is 48.9 Å². The summed E-state index contributed by atoms with van der Waals surface area (Å²) in [5.74, 6) is -0.0388. The van der Waals surface area contributed by atoms with Gasteiger partial charge in [0.25, 0.3) is 10.0 Å². The highest BCUT2D eigenvalue weighted by Gasteiger charge is 2.14. The number of aryl methyl sites for hydroxylation is 1. The van der Waals surface area contributed by atoms with Crippen LogP contribution >= 0.6 is 0 Å². The van der Waals surface area contributed by atoms with Crippen molar-refractivity contribution >= 4 is 21.5 Å². The van der Waals surface area contributed by atoms with E-state index in [1.807, 2.05) is 13.0 Å². The predicted molar refractivity (Wildman–Crippen MR) is 80.9 cm³/mol. The maximum absolute atomic E-state index is 12.2. The minimum atomic E-state index is -3.64. The predicted octanol–water partition coefficient (Wildman–Crippen LogP) is 1.89. The van der Waals surface area contributed by atoms with Gasteiger partial charge in [0.15, 0.2) is 5.84 Å². The lowest BCUT2D eigenvalue weighted by atomic mass is 10.2. The molecule has 2 aromatic carbocycles. The highest BCUT2D eigenvalue weighted by molar-refractivity contribution is 7.92. The summed E-state index contributed by atoms with van der Waals surface area (Å²) in [6.45, 7) is 1.82. The van der Waals surface area contributed by atoms with Crippen molar-refractivity contribution in [2.75, 3.05) is 4.72 Å². The van der Waals surface area contributed by atoms with E-state index in [-0.39, 0.29) is 10.7 Å². The Morgan fingerprint density at radius 2 is 1.86 bits per heavy atom. The second-order valence-corrected chi connectivity index (χ2v) is 6.17. The maximum Gasteiger partial charge on any atom is 0.261 e. The first kappa shape index (κ1) is 14.9. The summed E-state index contributed by atoms with van der Waals surface area (Å²) in [6.07, 6.45) is 0. The van der Waals surface area contributed by atoms with Crippen molar-refractivity contribution in [1.82, 2.24) is 0 Å². The number of nitrogens with zero attached hydrogens (tertiary/aromatic N) is 1. The van der Waals surface area contributed by atoms with Crippen molar-refractivity contribution in [1.29, 1.82) is 0 Å². The Morgan fingerprint density at radius 1 is 1.19 bits per heavy atom. The van der Waals surface area contributed by atoms with Gasteiger partial charge in [0, 0.05) is 11.3 Å². The molecule has 0 bridgehead atoms. The Bertz CT molecular complexity index is 768. The fourth-order valence-corrected chi connectivity index (χ4v) is 2.93. The van der Waals surface area contributed by atoms with E-state index in [1.165, 1.54) is 6.07 Å². The summed E-state index contributed by atoms with van der Waals surface area (Å²) in [4.78, 5) is 0.197. The number of oxime groups is 1. The van der Waals surface area contributed by atoms with E-state index in [9.17, 15) is 8.42 Å². The summed E-state index contributed by atoms with van der Waals surface area (Å²) in [5.41, 5.74) is 7.19. The van der Waals surface area contributed by atoms with Gasteiger partial charge in [-0.15, -0.1) is 0 Å². The first-order chi connectivity index (χ1) is 9.92. The van der Waals surface area contributed by atoms with Crippen LogP contribution in [0.25, 0.3) is 0 Å². The lowest BCUT2D eigenvalue weighted by Crippen LogP contribution is -2.15. The third kappa shape index (κ3) is 3.51. The van der Waals surface area contributed by atoms with Crippen molar-refractivity contribution in [2.24, 2.45) is 10.9 Å². The number of benzene rings is 2. The van der Waals surface area contributed by atoms with Gasteiger partial charge in [0.2, 0.25) is 0 Å². The topological polar surface area (TPSA) is 105 Å². The van der Waals surface area contributed by atoms with Gasteiger partial charge in [0.05, 0.1) is 4.90 Å². The van der Waals surface area contributed by atoms with Crippen molar-refractivity contribution in [2.45, 2.75) is 11.8 Å². The van der Waals surface area contributed by atoms with Crippen LogP contribution in [0.1, 0.15) is 11.1 Å². The third-order valence-corrected chi connectivity index (χ3v) is 4.22. The summed E-state index contributed by atoms with van der Waals surface area (Å²) >= 11 is 0. The molecule has 4 N–H and O–H groups in total. The molecule has 0 amide bonds. The fraction of sp³-hybridized carbons (Fsp3) is 0.0714. The molecule has 0 aliphatic heterocycles. The number of amidine groups is 1. The van der Waals surface area contributed by atoms with E-state index in [0.29, 0.717) is 11.3 Å². The van der Waals surface area contributed by atoms with Crippen molar-refractivity contribution in [3.8, 4) is 0 Å². The molecule has 2 aromatic rings. The minimum Gasteiger partial charge on any atom is -0.409 e. The number of hydrogen-bond acceptors (Lipinski definition) is 4. The van der Waals surface area contributed by atoms with Gasteiger partial charge in [-0.25, -0.2) is 8.42 Å². The normalized spacial score (nSPS) is 12.1. The van der Waals surface area contributed by atoms with Gasteiger partial charge in [-0.3, -0.25) is 4.72 Å². The molecule has 0 atom stereocenters. The Kier molecular flexibility index (Phi) is 4.13. The van der Waals surface area contributed by atoms with Crippen LogP contribution < -0.4 is 10.5 Å². The van der Waals surface area contributed by atoms with E-state index in [4.69, 9.17) is 10.9 Å². The molecule has 7 heteroatoms. The molecule has 0 fully saturated rings. The van der Waals surface area contributed by atoms with Crippen molar-refractivity contribution < 1.29 is 13.6 Å². The minimum absolute atomic E-state index is 0.0388. The third-order valence-electron chi connectivity index (χ3n) is 2.84. The number of rotatable bonds is 4. The van der Waals surface area contributed by atoms with Gasteiger partial charge >= 0.3 is 0 Å². The molecule has 0 radical (unpaired) electrons. The molecule has 21 heavy (non-hydrogen) atoms. The standard InChI is InChI=1S/C14H15N3O3S/c1-10-3-2-4-13(9-10)21(19,20)17-12-7-5-11(6-8-12)14(15)16-18/h2-9,17-18H,1H3,(H2,15,16). The lowest BCUT2D eigenvalue weighted by molar-refractivity contribution is 0.318. The summed E-state index contributed by atoms with van der Waals surface area (Å²) in [7, 11) is -3.64. The number of nitrogens with one attached hydrogen (secondary N) is 1. The van der Waals surface area contributed by atoms with Gasteiger partial charge in [-0.2, -0.15) is 0 Å². The Labute approximate surface area is 123 Å². The molecule has 0 unspecified atom stereocenters. The Balaban J connectivity index is 2.25. The molecule has 0 aliphatic rings. The zero-order valence-electron chi connectivity index (χ0n) is 11.3. The largest absolute Gasteiger partial charge is 0.409 e. The van der Waals surface area contributed by atoms with Crippen LogP contribution in [-0.4, -0.2) is 19.5 Å². The first-order valence-corrected chi connectivity index (χ1v) is 7.58. The molecule has 110 valence electrons. The summed E-state index contributed by atoms with van der Waals surface area (Å²) in [5, 5.41) is 11.4. The number of anilines is 1. The molecular formula is C14H15N3O3S. The Morgan fingerprint density at radius 3 is 2.43 bits per heavy atom. The SMILES string of the molecule is Cc1cccc(S(=O)(=O)Nc2ccc(/C(N)=N/O)cc2)c1.